The van der Waals surface area contributed by atoms with Crippen molar-refractivity contribution in [2.75, 3.05) is 24.9 Å². The largest absolute Gasteiger partial charge is 0.497 e. The molecule has 1 unspecified atom stereocenters. The van der Waals surface area contributed by atoms with Crippen molar-refractivity contribution in [3.05, 3.63) is 42.1 Å². The maximum atomic E-state index is 10.5. The maximum Gasteiger partial charge on any atom is 0.225 e. The second-order valence-corrected chi connectivity index (χ2v) is 8.12. The number of unbranched alkanes of at least 4 members (excludes halogenated alkanes) is 1. The second-order valence-electron chi connectivity index (χ2n) is 8.12. The van der Waals surface area contributed by atoms with Crippen molar-refractivity contribution in [1.29, 1.82) is 0 Å². The van der Waals surface area contributed by atoms with Crippen LogP contribution >= 0.6 is 0 Å². The lowest BCUT2D eigenvalue weighted by molar-refractivity contribution is 0.116. The number of nitrogens with one attached hydrogen (secondary N) is 2. The van der Waals surface area contributed by atoms with Crippen molar-refractivity contribution in [2.24, 2.45) is 0 Å². The first-order chi connectivity index (χ1) is 15.4. The van der Waals surface area contributed by atoms with Crippen LogP contribution in [0.5, 0.6) is 11.5 Å². The van der Waals surface area contributed by atoms with Crippen molar-refractivity contribution < 1.29 is 14.6 Å². The van der Waals surface area contributed by atoms with E-state index in [1.165, 1.54) is 0 Å². The van der Waals surface area contributed by atoms with E-state index in [2.05, 4.69) is 27.5 Å². The molecule has 0 radical (unpaired) electrons. The van der Waals surface area contributed by atoms with Gasteiger partial charge < -0.3 is 25.2 Å². The summed E-state index contributed by atoms with van der Waals surface area (Å²) in [6.45, 7) is 6.43. The first kappa shape index (κ1) is 23.5. The van der Waals surface area contributed by atoms with Crippen molar-refractivity contribution in [3.63, 3.8) is 0 Å². The van der Waals surface area contributed by atoms with Crippen LogP contribution in [0, 0.1) is 0 Å². The minimum Gasteiger partial charge on any atom is -0.497 e. The smallest absolute Gasteiger partial charge is 0.225 e. The van der Waals surface area contributed by atoms with Gasteiger partial charge in [-0.25, -0.2) is 4.98 Å². The van der Waals surface area contributed by atoms with Gasteiger partial charge in [-0.05, 0) is 44.5 Å². The zero-order valence-corrected chi connectivity index (χ0v) is 19.5. The van der Waals surface area contributed by atoms with E-state index in [1.807, 2.05) is 37.3 Å². The van der Waals surface area contributed by atoms with Gasteiger partial charge in [0.1, 0.15) is 17.0 Å². The SMILES string of the molecule is CCCC[C@](C)(Nc1nc(NCc2ccc(OC)cc2OC)nc2cccnc12)C(C)O. The molecule has 32 heavy (non-hydrogen) atoms. The number of methoxy groups -OCH3 is 2. The van der Waals surface area contributed by atoms with Crippen LogP contribution in [0.4, 0.5) is 11.8 Å². The van der Waals surface area contributed by atoms with Gasteiger partial charge in [-0.3, -0.25) is 4.98 Å². The molecule has 0 amide bonds. The number of nitrogens with zero attached hydrogens (tertiary/aromatic N) is 3. The van der Waals surface area contributed by atoms with Crippen LogP contribution in [-0.4, -0.2) is 45.9 Å². The zero-order valence-electron chi connectivity index (χ0n) is 19.5. The number of pyridine rings is 1. The first-order valence-electron chi connectivity index (χ1n) is 10.9. The van der Waals surface area contributed by atoms with Crippen molar-refractivity contribution in [1.82, 2.24) is 15.0 Å². The molecule has 2 atom stereocenters. The minimum atomic E-state index is -0.567. The van der Waals surface area contributed by atoms with Crippen LogP contribution in [0.3, 0.4) is 0 Å². The molecule has 0 aliphatic heterocycles. The third kappa shape index (κ3) is 5.37. The Morgan fingerprint density at radius 2 is 1.97 bits per heavy atom. The Kier molecular flexibility index (Phi) is 7.69. The fraction of sp³-hybridized carbons (Fsp3) is 0.458. The third-order valence-corrected chi connectivity index (χ3v) is 5.76. The van der Waals surface area contributed by atoms with Gasteiger partial charge in [-0.1, -0.05) is 19.8 Å². The summed E-state index contributed by atoms with van der Waals surface area (Å²) in [4.78, 5) is 13.8. The zero-order chi connectivity index (χ0) is 23.1. The summed E-state index contributed by atoms with van der Waals surface area (Å²) in [5.74, 6) is 2.52. The summed E-state index contributed by atoms with van der Waals surface area (Å²) < 4.78 is 10.8. The summed E-state index contributed by atoms with van der Waals surface area (Å²) in [6.07, 6.45) is 4.00. The van der Waals surface area contributed by atoms with Crippen LogP contribution in [0.15, 0.2) is 36.5 Å². The first-order valence-corrected chi connectivity index (χ1v) is 10.9. The summed E-state index contributed by atoms with van der Waals surface area (Å²) in [5.41, 5.74) is 1.81. The van der Waals surface area contributed by atoms with Crippen LogP contribution in [0.1, 0.15) is 45.6 Å². The highest BCUT2D eigenvalue weighted by molar-refractivity contribution is 5.86. The molecular formula is C24H33N5O3. The van der Waals surface area contributed by atoms with Gasteiger partial charge in [0.15, 0.2) is 5.82 Å². The summed E-state index contributed by atoms with van der Waals surface area (Å²) in [7, 11) is 3.26. The van der Waals surface area contributed by atoms with Gasteiger partial charge >= 0.3 is 0 Å². The molecule has 2 aromatic heterocycles. The van der Waals surface area contributed by atoms with Gasteiger partial charge in [0.2, 0.25) is 5.95 Å². The monoisotopic (exact) mass is 439 g/mol. The van der Waals surface area contributed by atoms with E-state index in [9.17, 15) is 5.11 Å². The molecule has 3 N–H and O–H groups in total. The number of aromatic nitrogens is 3. The Hall–Kier alpha value is -3.13. The highest BCUT2D eigenvalue weighted by Crippen LogP contribution is 2.29. The van der Waals surface area contributed by atoms with Crippen LogP contribution in [0.2, 0.25) is 0 Å². The Morgan fingerprint density at radius 1 is 1.16 bits per heavy atom. The van der Waals surface area contributed by atoms with E-state index in [0.717, 1.165) is 41.8 Å². The number of aliphatic hydroxyl groups is 1. The Labute approximate surface area is 189 Å². The number of anilines is 2. The Bertz CT molecular complexity index is 1040. The van der Waals surface area contributed by atoms with Gasteiger partial charge in [-0.2, -0.15) is 4.98 Å². The molecule has 1 aromatic carbocycles. The van der Waals surface area contributed by atoms with Gasteiger partial charge in [0, 0.05) is 24.4 Å². The summed E-state index contributed by atoms with van der Waals surface area (Å²) in [6, 6.07) is 9.43. The number of fused-ring (bicyclic) bond motifs is 1. The third-order valence-electron chi connectivity index (χ3n) is 5.76. The quantitative estimate of drug-likeness (QED) is 0.404. The molecule has 172 valence electrons. The molecule has 2 heterocycles. The molecule has 0 spiro atoms. The lowest BCUT2D eigenvalue weighted by Gasteiger charge is -2.34. The molecule has 3 rings (SSSR count). The number of benzene rings is 1. The predicted molar refractivity (Wildman–Crippen MR) is 127 cm³/mol. The van der Waals surface area contributed by atoms with Gasteiger partial charge in [-0.15, -0.1) is 0 Å². The fourth-order valence-corrected chi connectivity index (χ4v) is 3.50. The van der Waals surface area contributed by atoms with E-state index in [0.29, 0.717) is 23.8 Å². The van der Waals surface area contributed by atoms with Crippen molar-refractivity contribution >= 4 is 22.8 Å². The molecular weight excluding hydrogens is 406 g/mol. The normalized spacial score (nSPS) is 13.9. The molecule has 0 saturated carbocycles. The van der Waals surface area contributed by atoms with Crippen molar-refractivity contribution in [3.8, 4) is 11.5 Å². The van der Waals surface area contributed by atoms with Crippen LogP contribution < -0.4 is 20.1 Å². The van der Waals surface area contributed by atoms with Crippen LogP contribution in [0.25, 0.3) is 11.0 Å². The average molecular weight is 440 g/mol. The number of aliphatic hydroxyl groups excluding tert-OH is 1. The number of hydrogen-bond acceptors (Lipinski definition) is 8. The fourth-order valence-electron chi connectivity index (χ4n) is 3.50. The van der Waals surface area contributed by atoms with Crippen molar-refractivity contribution in [2.45, 2.75) is 58.2 Å². The summed E-state index contributed by atoms with van der Waals surface area (Å²) >= 11 is 0. The van der Waals surface area contributed by atoms with E-state index in [4.69, 9.17) is 14.5 Å². The lowest BCUT2D eigenvalue weighted by Crippen LogP contribution is -2.45. The molecule has 0 aliphatic carbocycles. The minimum absolute atomic E-state index is 0.467. The lowest BCUT2D eigenvalue weighted by atomic mass is 9.89. The highest BCUT2D eigenvalue weighted by Gasteiger charge is 2.30. The molecule has 0 saturated heterocycles. The van der Waals surface area contributed by atoms with E-state index < -0.39 is 11.6 Å². The summed E-state index contributed by atoms with van der Waals surface area (Å²) in [5, 5.41) is 17.2. The highest BCUT2D eigenvalue weighted by atomic mass is 16.5. The van der Waals surface area contributed by atoms with E-state index >= 15 is 0 Å². The Balaban J connectivity index is 1.91. The topological polar surface area (TPSA) is 101 Å². The van der Waals surface area contributed by atoms with Crippen LogP contribution in [-0.2, 0) is 6.54 Å². The standard InChI is InChI=1S/C24H33N5O3/c1-6-7-12-24(3,16(2)30)29-22-21-19(9-8-13-25-21)27-23(28-22)26-15-17-10-11-18(31-4)14-20(17)32-5/h8-11,13-14,16,30H,6-7,12,15H2,1-5H3,(H2,26,27,28,29)/t16?,24-/m0/s1. The Morgan fingerprint density at radius 3 is 2.66 bits per heavy atom. The molecule has 3 aromatic rings. The number of ether oxygens (including phenoxy) is 2. The molecule has 8 heteroatoms. The number of hydrogen-bond donors (Lipinski definition) is 3. The van der Waals surface area contributed by atoms with E-state index in [1.54, 1.807) is 27.3 Å². The van der Waals surface area contributed by atoms with Gasteiger partial charge in [0.25, 0.3) is 0 Å². The maximum absolute atomic E-state index is 10.5. The average Bonchev–Trinajstić information content (AvgIpc) is 2.81. The predicted octanol–water partition coefficient (Wildman–Crippen LogP) is 4.40. The molecule has 8 nitrogen and oxygen atoms in total. The molecule has 0 aliphatic rings. The molecule has 0 fully saturated rings. The van der Waals surface area contributed by atoms with Gasteiger partial charge in [0.05, 0.1) is 31.4 Å². The second kappa shape index (κ2) is 10.5. The number of rotatable bonds is 11. The van der Waals surface area contributed by atoms with E-state index in [-0.39, 0.29) is 0 Å². The molecule has 0 bridgehead atoms.